The van der Waals surface area contributed by atoms with E-state index in [4.69, 9.17) is 5.11 Å². The molecule has 1 rings (SSSR count). The van der Waals surface area contributed by atoms with E-state index in [2.05, 4.69) is 0 Å². The van der Waals surface area contributed by atoms with Crippen LogP contribution in [0.3, 0.4) is 0 Å². The normalized spacial score (nSPS) is 11.2. The Kier molecular flexibility index (Phi) is 2.38. The van der Waals surface area contributed by atoms with Crippen molar-refractivity contribution in [1.82, 2.24) is 0 Å². The average Bonchev–Trinajstić information content (AvgIpc) is 2.02. The maximum Gasteiger partial charge on any atom is 0.175 e. The summed E-state index contributed by atoms with van der Waals surface area (Å²) in [5.74, 6) is -0.321. The molecule has 0 amide bonds. The van der Waals surface area contributed by atoms with Gasteiger partial charge in [0.15, 0.2) is 16.1 Å². The van der Waals surface area contributed by atoms with Gasteiger partial charge in [0.1, 0.15) is 5.75 Å². The van der Waals surface area contributed by atoms with Crippen molar-refractivity contribution in [2.75, 3.05) is 6.26 Å². The van der Waals surface area contributed by atoms with Crippen molar-refractivity contribution in [1.29, 1.82) is 0 Å². The molecule has 0 heterocycles. The highest BCUT2D eigenvalue weighted by Crippen LogP contribution is 2.19. The Morgan fingerprint density at radius 3 is 2.38 bits per heavy atom. The van der Waals surface area contributed by atoms with E-state index in [1.807, 2.05) is 0 Å². The van der Waals surface area contributed by atoms with E-state index < -0.39 is 9.84 Å². The molecule has 0 saturated heterocycles. The molecule has 0 atom stereocenters. The second-order valence-electron chi connectivity index (χ2n) is 2.61. The van der Waals surface area contributed by atoms with E-state index >= 15 is 0 Å². The summed E-state index contributed by atoms with van der Waals surface area (Å²) >= 11 is 0. The summed E-state index contributed by atoms with van der Waals surface area (Å²) in [6.07, 6.45) is 1.49. The molecular formula is C8H8O4S. The Bertz CT molecular complexity index is 433. The molecule has 0 aliphatic heterocycles. The van der Waals surface area contributed by atoms with Gasteiger partial charge in [-0.1, -0.05) is 0 Å². The van der Waals surface area contributed by atoms with Crippen molar-refractivity contribution in [3.63, 3.8) is 0 Å². The molecular weight excluding hydrogens is 192 g/mol. The third-order valence-corrected chi connectivity index (χ3v) is 2.67. The zero-order valence-electron chi connectivity index (χ0n) is 6.89. The molecule has 0 aliphatic carbocycles. The Morgan fingerprint density at radius 1 is 1.38 bits per heavy atom. The van der Waals surface area contributed by atoms with Gasteiger partial charge < -0.3 is 5.11 Å². The van der Waals surface area contributed by atoms with Crippen LogP contribution in [0.1, 0.15) is 10.4 Å². The average molecular weight is 200 g/mol. The molecule has 0 aromatic heterocycles. The molecule has 70 valence electrons. The number of aldehydes is 1. The Hall–Kier alpha value is -1.36. The predicted octanol–water partition coefficient (Wildman–Crippen LogP) is 0.608. The highest BCUT2D eigenvalue weighted by atomic mass is 32.2. The summed E-state index contributed by atoms with van der Waals surface area (Å²) in [6, 6.07) is 3.59. The first-order chi connectivity index (χ1) is 5.95. The van der Waals surface area contributed by atoms with Crippen LogP contribution in [0.25, 0.3) is 0 Å². The van der Waals surface area contributed by atoms with E-state index in [-0.39, 0.29) is 16.2 Å². The lowest BCUT2D eigenvalue weighted by atomic mass is 10.2. The van der Waals surface area contributed by atoms with E-state index in [1.54, 1.807) is 0 Å². The Balaban J connectivity index is 3.34. The molecule has 1 aromatic carbocycles. The van der Waals surface area contributed by atoms with Crippen molar-refractivity contribution < 1.29 is 18.3 Å². The lowest BCUT2D eigenvalue weighted by molar-refractivity contribution is 0.112. The second-order valence-corrected chi connectivity index (χ2v) is 4.63. The molecule has 0 unspecified atom stereocenters. The molecule has 0 fully saturated rings. The molecule has 0 radical (unpaired) electrons. The minimum Gasteiger partial charge on any atom is -0.507 e. The molecule has 0 aliphatic rings. The maximum absolute atomic E-state index is 11.0. The number of benzene rings is 1. The van der Waals surface area contributed by atoms with Crippen molar-refractivity contribution in [2.24, 2.45) is 0 Å². The number of phenolic OH excluding ortho intramolecular Hbond substituents is 1. The number of hydrogen-bond acceptors (Lipinski definition) is 4. The fourth-order valence-electron chi connectivity index (χ4n) is 0.854. The Labute approximate surface area is 75.7 Å². The number of carbonyl (C=O) groups is 1. The van der Waals surface area contributed by atoms with Crippen molar-refractivity contribution in [2.45, 2.75) is 4.90 Å². The van der Waals surface area contributed by atoms with Crippen LogP contribution in [0, 0.1) is 0 Å². The van der Waals surface area contributed by atoms with Crippen LogP contribution in [0.5, 0.6) is 5.75 Å². The zero-order valence-corrected chi connectivity index (χ0v) is 7.71. The van der Waals surface area contributed by atoms with Crippen LogP contribution in [0.4, 0.5) is 0 Å². The molecule has 0 spiro atoms. The Morgan fingerprint density at radius 2 is 2.00 bits per heavy atom. The highest BCUT2D eigenvalue weighted by molar-refractivity contribution is 7.90. The van der Waals surface area contributed by atoms with E-state index in [0.717, 1.165) is 12.3 Å². The predicted molar refractivity (Wildman–Crippen MR) is 46.6 cm³/mol. The summed E-state index contributed by atoms with van der Waals surface area (Å²) in [4.78, 5) is 10.3. The zero-order chi connectivity index (χ0) is 10.1. The summed E-state index contributed by atoms with van der Waals surface area (Å²) < 4.78 is 22.0. The second kappa shape index (κ2) is 3.18. The number of aromatic hydroxyl groups is 1. The highest BCUT2D eigenvalue weighted by Gasteiger charge is 2.09. The standard InChI is InChI=1S/C8H8O4S/c1-13(11,12)7-3-2-6(5-9)8(10)4-7/h2-5,10H,1H3. The fourth-order valence-corrected chi connectivity index (χ4v) is 1.49. The summed E-state index contributed by atoms with van der Waals surface area (Å²) in [7, 11) is -3.33. The smallest absolute Gasteiger partial charge is 0.175 e. The first-order valence-corrected chi connectivity index (χ1v) is 5.32. The van der Waals surface area contributed by atoms with Gasteiger partial charge in [-0.2, -0.15) is 0 Å². The van der Waals surface area contributed by atoms with Gasteiger partial charge in [-0.05, 0) is 18.2 Å². The van der Waals surface area contributed by atoms with Gasteiger partial charge in [0.05, 0.1) is 10.5 Å². The van der Waals surface area contributed by atoms with Gasteiger partial charge in [0.2, 0.25) is 0 Å². The summed E-state index contributed by atoms with van der Waals surface area (Å²) in [5, 5.41) is 9.16. The van der Waals surface area contributed by atoms with Crippen molar-refractivity contribution in [3.05, 3.63) is 23.8 Å². The SMILES string of the molecule is CS(=O)(=O)c1ccc(C=O)c(O)c1. The minimum absolute atomic E-state index is 0.00407. The van der Waals surface area contributed by atoms with Gasteiger partial charge in [-0.15, -0.1) is 0 Å². The van der Waals surface area contributed by atoms with Gasteiger partial charge in [0, 0.05) is 6.26 Å². The van der Waals surface area contributed by atoms with Gasteiger partial charge in [-0.25, -0.2) is 8.42 Å². The van der Waals surface area contributed by atoms with E-state index in [1.165, 1.54) is 12.1 Å². The van der Waals surface area contributed by atoms with Crippen LogP contribution in [0.2, 0.25) is 0 Å². The van der Waals surface area contributed by atoms with Crippen LogP contribution in [-0.4, -0.2) is 26.1 Å². The molecule has 1 N–H and O–H groups in total. The monoisotopic (exact) mass is 200 g/mol. The van der Waals surface area contributed by atoms with Crippen molar-refractivity contribution in [3.8, 4) is 5.75 Å². The van der Waals surface area contributed by atoms with E-state index in [0.29, 0.717) is 6.29 Å². The molecule has 0 saturated carbocycles. The number of carbonyl (C=O) groups excluding carboxylic acids is 1. The van der Waals surface area contributed by atoms with Crippen LogP contribution in [0.15, 0.2) is 23.1 Å². The van der Waals surface area contributed by atoms with Crippen molar-refractivity contribution >= 4 is 16.1 Å². The van der Waals surface area contributed by atoms with Gasteiger partial charge in [0.25, 0.3) is 0 Å². The molecule has 1 aromatic rings. The largest absolute Gasteiger partial charge is 0.507 e. The number of rotatable bonds is 2. The lowest BCUT2D eigenvalue weighted by Gasteiger charge is -2.00. The quantitative estimate of drug-likeness (QED) is 0.710. The number of phenols is 1. The van der Waals surface area contributed by atoms with Gasteiger partial charge >= 0.3 is 0 Å². The van der Waals surface area contributed by atoms with Crippen LogP contribution < -0.4 is 0 Å². The summed E-state index contributed by atoms with van der Waals surface area (Å²) in [6.45, 7) is 0. The minimum atomic E-state index is -3.33. The number of sulfone groups is 1. The molecule has 0 bridgehead atoms. The fraction of sp³-hybridized carbons (Fsp3) is 0.125. The first kappa shape index (κ1) is 9.73. The molecule has 5 heteroatoms. The molecule has 13 heavy (non-hydrogen) atoms. The van der Waals surface area contributed by atoms with Crippen LogP contribution in [-0.2, 0) is 9.84 Å². The molecule has 4 nitrogen and oxygen atoms in total. The number of hydrogen-bond donors (Lipinski definition) is 1. The lowest BCUT2D eigenvalue weighted by Crippen LogP contribution is -1.97. The van der Waals surface area contributed by atoms with Gasteiger partial charge in [-0.3, -0.25) is 4.79 Å². The summed E-state index contributed by atoms with van der Waals surface area (Å²) in [5.41, 5.74) is 0.0763. The first-order valence-electron chi connectivity index (χ1n) is 3.43. The van der Waals surface area contributed by atoms with Crippen LogP contribution >= 0.6 is 0 Å². The van der Waals surface area contributed by atoms with E-state index in [9.17, 15) is 13.2 Å². The third-order valence-electron chi connectivity index (χ3n) is 1.56. The maximum atomic E-state index is 11.0. The third kappa shape index (κ3) is 2.06. The topological polar surface area (TPSA) is 71.4 Å².